The van der Waals surface area contributed by atoms with Gasteiger partial charge in [-0.2, -0.15) is 5.26 Å². The van der Waals surface area contributed by atoms with E-state index in [1.54, 1.807) is 24.3 Å². The molecule has 0 aliphatic rings. The van der Waals surface area contributed by atoms with E-state index in [0.717, 1.165) is 0 Å². The van der Waals surface area contributed by atoms with Gasteiger partial charge in [-0.05, 0) is 12.1 Å². The lowest BCUT2D eigenvalue weighted by Crippen LogP contribution is -1.97. The Bertz CT molecular complexity index is 373. The number of carboxylic acids is 1. The molecule has 0 fully saturated rings. The third kappa shape index (κ3) is 2.98. The smallest absolute Gasteiger partial charge is 0.336 e. The maximum absolute atomic E-state index is 10.8. The summed E-state index contributed by atoms with van der Waals surface area (Å²) in [4.78, 5) is 11.4. The average Bonchev–Trinajstić information content (AvgIpc) is 2.19. The second-order valence-corrected chi connectivity index (χ2v) is 4.64. The van der Waals surface area contributed by atoms with E-state index in [2.05, 4.69) is 0 Å². The van der Waals surface area contributed by atoms with Gasteiger partial charge in [-0.15, -0.1) is 0 Å². The van der Waals surface area contributed by atoms with Crippen LogP contribution in [0.4, 0.5) is 0 Å². The molecule has 0 atom stereocenters. The molecule has 0 spiro atoms. The third-order valence-electron chi connectivity index (χ3n) is 1.39. The van der Waals surface area contributed by atoms with Crippen molar-refractivity contribution in [1.82, 2.24) is 0 Å². The Morgan fingerprint density at radius 1 is 1.50 bits per heavy atom. The van der Waals surface area contributed by atoms with Gasteiger partial charge in [0.1, 0.15) is 0 Å². The minimum absolute atomic E-state index is 0.280. The van der Waals surface area contributed by atoms with Crippen LogP contribution in [0.3, 0.4) is 0 Å². The molecule has 0 aliphatic carbocycles. The van der Waals surface area contributed by atoms with Crippen LogP contribution in [0.15, 0.2) is 29.2 Å². The summed E-state index contributed by atoms with van der Waals surface area (Å²) < 4.78 is 0. The molecule has 0 aromatic heterocycles. The van der Waals surface area contributed by atoms with Gasteiger partial charge < -0.3 is 5.11 Å². The summed E-state index contributed by atoms with van der Waals surface area (Å²) in [6.07, 6.45) is 0. The molecule has 5 heteroatoms. The average molecular weight is 225 g/mol. The second kappa shape index (κ2) is 5.58. The molecule has 1 N–H and O–H groups in total. The van der Waals surface area contributed by atoms with Crippen LogP contribution in [0.2, 0.25) is 0 Å². The van der Waals surface area contributed by atoms with Gasteiger partial charge >= 0.3 is 5.97 Å². The van der Waals surface area contributed by atoms with Crippen molar-refractivity contribution in [2.75, 3.05) is 5.75 Å². The summed E-state index contributed by atoms with van der Waals surface area (Å²) in [6.45, 7) is 0. The number of carbonyl (C=O) groups is 1. The molecule has 0 radical (unpaired) electrons. The molecular weight excluding hydrogens is 218 g/mol. The number of hydrogen-bond donors (Lipinski definition) is 1. The standard InChI is InChI=1S/C9H7NO2S2/c10-5-6-13-14-8-4-2-1-3-7(8)9(11)12/h1-4H,6H2,(H,11,12). The lowest BCUT2D eigenvalue weighted by Gasteiger charge is -2.02. The molecule has 0 heterocycles. The minimum Gasteiger partial charge on any atom is -0.478 e. The van der Waals surface area contributed by atoms with Crippen molar-refractivity contribution in [3.8, 4) is 6.07 Å². The van der Waals surface area contributed by atoms with Crippen LogP contribution < -0.4 is 0 Å². The van der Waals surface area contributed by atoms with Gasteiger partial charge in [0, 0.05) is 4.90 Å². The molecular formula is C9H7NO2S2. The first-order chi connectivity index (χ1) is 6.75. The highest BCUT2D eigenvalue weighted by Gasteiger charge is 2.08. The van der Waals surface area contributed by atoms with E-state index < -0.39 is 5.97 Å². The summed E-state index contributed by atoms with van der Waals surface area (Å²) in [6, 6.07) is 8.73. The van der Waals surface area contributed by atoms with Gasteiger partial charge in [0.2, 0.25) is 0 Å². The SMILES string of the molecule is N#CCSSc1ccccc1C(=O)O. The van der Waals surface area contributed by atoms with E-state index in [0.29, 0.717) is 10.6 Å². The first kappa shape index (κ1) is 11.0. The summed E-state index contributed by atoms with van der Waals surface area (Å²) in [5, 5.41) is 17.2. The number of nitrogens with zero attached hydrogens (tertiary/aromatic N) is 1. The topological polar surface area (TPSA) is 61.1 Å². The Hall–Kier alpha value is -1.12. The molecule has 3 nitrogen and oxygen atoms in total. The largest absolute Gasteiger partial charge is 0.478 e. The van der Waals surface area contributed by atoms with E-state index in [4.69, 9.17) is 10.4 Å². The predicted molar refractivity (Wildman–Crippen MR) is 57.3 cm³/mol. The number of aromatic carboxylic acids is 1. The quantitative estimate of drug-likeness (QED) is 0.630. The number of nitriles is 1. The molecule has 14 heavy (non-hydrogen) atoms. The Morgan fingerprint density at radius 3 is 2.86 bits per heavy atom. The van der Waals surface area contributed by atoms with E-state index in [1.807, 2.05) is 6.07 Å². The Morgan fingerprint density at radius 2 is 2.21 bits per heavy atom. The summed E-state index contributed by atoms with van der Waals surface area (Å²) in [5.41, 5.74) is 0.280. The maximum atomic E-state index is 10.8. The molecule has 0 amide bonds. The molecule has 0 aliphatic heterocycles. The van der Waals surface area contributed by atoms with Gasteiger partial charge in [-0.25, -0.2) is 4.79 Å². The van der Waals surface area contributed by atoms with Crippen LogP contribution in [0.5, 0.6) is 0 Å². The fraction of sp³-hybridized carbons (Fsp3) is 0.111. The van der Waals surface area contributed by atoms with Gasteiger partial charge in [-0.3, -0.25) is 0 Å². The van der Waals surface area contributed by atoms with Crippen LogP contribution >= 0.6 is 21.6 Å². The second-order valence-electron chi connectivity index (χ2n) is 2.30. The van der Waals surface area contributed by atoms with Crippen molar-refractivity contribution in [3.05, 3.63) is 29.8 Å². The van der Waals surface area contributed by atoms with Crippen LogP contribution in [-0.2, 0) is 0 Å². The van der Waals surface area contributed by atoms with Crippen molar-refractivity contribution in [3.63, 3.8) is 0 Å². The van der Waals surface area contributed by atoms with Crippen molar-refractivity contribution in [1.29, 1.82) is 5.26 Å². The fourth-order valence-electron chi connectivity index (χ4n) is 0.835. The lowest BCUT2D eigenvalue weighted by molar-refractivity contribution is 0.0693. The molecule has 0 saturated carbocycles. The lowest BCUT2D eigenvalue weighted by atomic mass is 10.2. The Kier molecular flexibility index (Phi) is 4.36. The van der Waals surface area contributed by atoms with Gasteiger partial charge in [0.25, 0.3) is 0 Å². The van der Waals surface area contributed by atoms with Gasteiger partial charge in [0.05, 0.1) is 17.4 Å². The summed E-state index contributed by atoms with van der Waals surface area (Å²) >= 11 is 0. The van der Waals surface area contributed by atoms with E-state index >= 15 is 0 Å². The zero-order valence-electron chi connectivity index (χ0n) is 7.14. The highest BCUT2D eigenvalue weighted by Crippen LogP contribution is 2.32. The zero-order valence-corrected chi connectivity index (χ0v) is 8.77. The minimum atomic E-state index is -0.939. The van der Waals surface area contributed by atoms with Gasteiger partial charge in [0.15, 0.2) is 0 Å². The number of rotatable bonds is 4. The molecule has 1 aromatic rings. The molecule has 1 rings (SSSR count). The van der Waals surface area contributed by atoms with Gasteiger partial charge in [-0.1, -0.05) is 33.7 Å². The fourth-order valence-corrected chi connectivity index (χ4v) is 2.60. The highest BCUT2D eigenvalue weighted by molar-refractivity contribution is 8.76. The molecule has 0 bridgehead atoms. The predicted octanol–water partition coefficient (Wildman–Crippen LogP) is 2.65. The van der Waals surface area contributed by atoms with Crippen LogP contribution in [0.25, 0.3) is 0 Å². The normalized spacial score (nSPS) is 9.36. The molecule has 0 saturated heterocycles. The zero-order chi connectivity index (χ0) is 10.4. The monoisotopic (exact) mass is 225 g/mol. The number of benzene rings is 1. The third-order valence-corrected chi connectivity index (χ3v) is 3.54. The van der Waals surface area contributed by atoms with E-state index in [-0.39, 0.29) is 5.56 Å². The number of carboxylic acid groups (broad SMARTS) is 1. The van der Waals surface area contributed by atoms with Crippen LogP contribution in [0, 0.1) is 11.3 Å². The van der Waals surface area contributed by atoms with E-state index in [9.17, 15) is 4.79 Å². The molecule has 72 valence electrons. The maximum Gasteiger partial charge on any atom is 0.336 e. The van der Waals surface area contributed by atoms with Crippen LogP contribution in [0.1, 0.15) is 10.4 Å². The highest BCUT2D eigenvalue weighted by atomic mass is 33.1. The van der Waals surface area contributed by atoms with Crippen molar-refractivity contribution in [2.45, 2.75) is 4.90 Å². The van der Waals surface area contributed by atoms with Crippen LogP contribution in [-0.4, -0.2) is 16.8 Å². The first-order valence-electron chi connectivity index (χ1n) is 3.74. The van der Waals surface area contributed by atoms with Crippen molar-refractivity contribution >= 4 is 27.6 Å². The summed E-state index contributed by atoms with van der Waals surface area (Å²) in [5.74, 6) is -0.593. The Labute approximate surface area is 89.5 Å². The van der Waals surface area contributed by atoms with Crippen molar-refractivity contribution in [2.24, 2.45) is 0 Å². The first-order valence-corrected chi connectivity index (χ1v) is 6.06. The van der Waals surface area contributed by atoms with E-state index in [1.165, 1.54) is 21.6 Å². The van der Waals surface area contributed by atoms with Crippen molar-refractivity contribution < 1.29 is 9.90 Å². The Balaban J connectivity index is 2.75. The summed E-state index contributed by atoms with van der Waals surface area (Å²) in [7, 11) is 2.64. The molecule has 1 aromatic carbocycles. The molecule has 0 unspecified atom stereocenters. The number of hydrogen-bond acceptors (Lipinski definition) is 4.